The van der Waals surface area contributed by atoms with Crippen molar-refractivity contribution in [3.63, 3.8) is 0 Å². The largest absolute Gasteiger partial charge is 0.412 e. The molecule has 0 amide bonds. The van der Waals surface area contributed by atoms with E-state index in [0.717, 1.165) is 0 Å². The zero-order valence-corrected chi connectivity index (χ0v) is 7.15. The highest BCUT2D eigenvalue weighted by Gasteiger charge is 2.04. The topological polar surface area (TPSA) is 137 Å². The Labute approximate surface area is 79.5 Å². The molecule has 0 unspecified atom stereocenters. The van der Waals surface area contributed by atoms with Crippen molar-refractivity contribution in [3.05, 3.63) is 34.4 Å². The van der Waals surface area contributed by atoms with Gasteiger partial charge in [-0.05, 0) is 6.07 Å². The van der Waals surface area contributed by atoms with E-state index in [9.17, 15) is 10.1 Å². The molecule has 0 radical (unpaired) electrons. The number of non-ortho nitro benzene ring substituents is 1. The molecule has 0 saturated heterocycles. The molecule has 0 aliphatic rings. The van der Waals surface area contributed by atoms with Crippen molar-refractivity contribution in [1.82, 2.24) is 11.1 Å². The Morgan fingerprint density at radius 2 is 2.14 bits per heavy atom. The van der Waals surface area contributed by atoms with E-state index in [1.807, 2.05) is 0 Å². The van der Waals surface area contributed by atoms with Gasteiger partial charge in [0.2, 0.25) is 0 Å². The molecule has 0 aromatic heterocycles. The van der Waals surface area contributed by atoms with Gasteiger partial charge < -0.3 is 10.9 Å². The summed E-state index contributed by atoms with van der Waals surface area (Å²) in [5.41, 5.74) is 7.68. The van der Waals surface area contributed by atoms with Gasteiger partial charge in [0.25, 0.3) is 5.69 Å². The molecule has 78 valence electrons. The maximum atomic E-state index is 10.3. The van der Waals surface area contributed by atoms with Gasteiger partial charge in [-0.3, -0.25) is 16.0 Å². The van der Waals surface area contributed by atoms with Crippen LogP contribution in [0.2, 0.25) is 0 Å². The Morgan fingerprint density at radius 3 is 2.71 bits per heavy atom. The maximum Gasteiger partial charge on any atom is 0.271 e. The molecule has 0 aliphatic heterocycles. The third-order valence-corrected chi connectivity index (χ3v) is 1.34. The van der Waals surface area contributed by atoms with Crippen LogP contribution in [0, 0.1) is 10.1 Å². The summed E-state index contributed by atoms with van der Waals surface area (Å²) in [6, 6.07) is 6.02. The SMILES string of the molecule is NNNNc1cccc([N+](=O)[O-])c1.O. The summed E-state index contributed by atoms with van der Waals surface area (Å²) in [5.74, 6) is 4.92. The van der Waals surface area contributed by atoms with Crippen LogP contribution in [0.3, 0.4) is 0 Å². The van der Waals surface area contributed by atoms with Gasteiger partial charge in [0.15, 0.2) is 0 Å². The highest BCUT2D eigenvalue weighted by atomic mass is 16.6. The first kappa shape index (κ1) is 12.3. The molecule has 0 fully saturated rings. The van der Waals surface area contributed by atoms with Crippen LogP contribution in [-0.2, 0) is 0 Å². The number of hydrogen-bond donors (Lipinski definition) is 4. The average molecular weight is 201 g/mol. The van der Waals surface area contributed by atoms with Gasteiger partial charge in [-0.25, -0.2) is 0 Å². The summed E-state index contributed by atoms with van der Waals surface area (Å²) in [5, 5.41) is 10.3. The summed E-state index contributed by atoms with van der Waals surface area (Å²) in [4.78, 5) is 9.87. The number of nitro groups is 1. The lowest BCUT2D eigenvalue weighted by molar-refractivity contribution is -0.384. The Hall–Kier alpha value is -1.74. The minimum absolute atomic E-state index is 0. The molecule has 0 heterocycles. The number of nitrogens with zero attached hydrogens (tertiary/aromatic N) is 1. The number of nitrogens with one attached hydrogen (secondary N) is 3. The molecule has 1 rings (SSSR count). The van der Waals surface area contributed by atoms with Crippen LogP contribution in [0.25, 0.3) is 0 Å². The molecule has 1 aromatic carbocycles. The highest BCUT2D eigenvalue weighted by Crippen LogP contribution is 2.15. The summed E-state index contributed by atoms with van der Waals surface area (Å²) >= 11 is 0. The minimum atomic E-state index is -0.471. The Balaban J connectivity index is 0.00000169. The van der Waals surface area contributed by atoms with Crippen LogP contribution in [0.1, 0.15) is 0 Å². The molecule has 1 aromatic rings. The van der Waals surface area contributed by atoms with Gasteiger partial charge in [0.05, 0.1) is 10.6 Å². The summed E-state index contributed by atoms with van der Waals surface area (Å²) < 4.78 is 0. The quantitative estimate of drug-likeness (QED) is 0.282. The first-order valence-electron chi connectivity index (χ1n) is 3.45. The minimum Gasteiger partial charge on any atom is -0.412 e. The van der Waals surface area contributed by atoms with Crippen LogP contribution in [-0.4, -0.2) is 10.4 Å². The predicted molar refractivity (Wildman–Crippen MR) is 50.8 cm³/mol. The number of nitrogens with two attached hydrogens (primary N) is 1. The molecule has 0 atom stereocenters. The average Bonchev–Trinajstić information content (AvgIpc) is 2.15. The molecule has 0 spiro atoms. The fourth-order valence-electron chi connectivity index (χ4n) is 0.805. The number of nitro benzene ring substituents is 1. The molecule has 0 aliphatic carbocycles. The molecular weight excluding hydrogens is 190 g/mol. The lowest BCUT2D eigenvalue weighted by Gasteiger charge is -2.05. The molecule has 8 heteroatoms. The normalized spacial score (nSPS) is 8.93. The molecule has 8 nitrogen and oxygen atoms in total. The second kappa shape index (κ2) is 5.83. The Kier molecular flexibility index (Phi) is 5.10. The van der Waals surface area contributed by atoms with Crippen molar-refractivity contribution in [2.24, 2.45) is 5.84 Å². The van der Waals surface area contributed by atoms with E-state index in [1.165, 1.54) is 12.1 Å². The first-order valence-corrected chi connectivity index (χ1v) is 3.45. The Bertz CT molecular complexity index is 305. The van der Waals surface area contributed by atoms with Gasteiger partial charge in [0, 0.05) is 12.1 Å². The Morgan fingerprint density at radius 1 is 1.43 bits per heavy atom. The van der Waals surface area contributed by atoms with E-state index in [1.54, 1.807) is 12.1 Å². The second-order valence-electron chi connectivity index (χ2n) is 2.20. The molecule has 0 saturated carbocycles. The predicted octanol–water partition coefficient (Wildman–Crippen LogP) is -0.935. The number of rotatable bonds is 4. The lowest BCUT2D eigenvalue weighted by atomic mass is 10.3. The third-order valence-electron chi connectivity index (χ3n) is 1.34. The van der Waals surface area contributed by atoms with Gasteiger partial charge in [-0.2, -0.15) is 11.1 Å². The second-order valence-corrected chi connectivity index (χ2v) is 2.20. The number of benzene rings is 1. The van der Waals surface area contributed by atoms with Gasteiger partial charge in [-0.1, -0.05) is 6.07 Å². The summed E-state index contributed by atoms with van der Waals surface area (Å²) in [6.45, 7) is 0. The van der Waals surface area contributed by atoms with Gasteiger partial charge in [-0.15, -0.1) is 0 Å². The van der Waals surface area contributed by atoms with Crippen molar-refractivity contribution in [3.8, 4) is 0 Å². The fourth-order valence-corrected chi connectivity index (χ4v) is 0.805. The van der Waals surface area contributed by atoms with Crippen LogP contribution in [0.15, 0.2) is 24.3 Å². The van der Waals surface area contributed by atoms with E-state index in [-0.39, 0.29) is 11.2 Å². The van der Waals surface area contributed by atoms with E-state index < -0.39 is 4.92 Å². The van der Waals surface area contributed by atoms with Gasteiger partial charge >= 0.3 is 0 Å². The molecule has 0 bridgehead atoms. The maximum absolute atomic E-state index is 10.3. The smallest absolute Gasteiger partial charge is 0.271 e. The summed E-state index contributed by atoms with van der Waals surface area (Å²) in [7, 11) is 0. The van der Waals surface area contributed by atoms with Crippen molar-refractivity contribution in [1.29, 1.82) is 0 Å². The zero-order valence-electron chi connectivity index (χ0n) is 7.15. The van der Waals surface area contributed by atoms with E-state index in [4.69, 9.17) is 5.84 Å². The van der Waals surface area contributed by atoms with Crippen molar-refractivity contribution < 1.29 is 10.4 Å². The van der Waals surface area contributed by atoms with Crippen LogP contribution < -0.4 is 22.3 Å². The van der Waals surface area contributed by atoms with E-state index >= 15 is 0 Å². The number of hydrazine groups is 3. The lowest BCUT2D eigenvalue weighted by Crippen LogP contribution is -2.41. The standard InChI is InChI=1S/C6H9N5O2.H2O/c7-9-10-8-5-2-1-3-6(4-5)11(12)13;/h1-4,8-10H,7H2;1H2. The van der Waals surface area contributed by atoms with Crippen molar-refractivity contribution in [2.75, 3.05) is 5.43 Å². The molecular formula is C6H11N5O3. The van der Waals surface area contributed by atoms with Crippen LogP contribution >= 0.6 is 0 Å². The van der Waals surface area contributed by atoms with Gasteiger partial charge in [0.1, 0.15) is 0 Å². The number of hydrogen-bond acceptors (Lipinski definition) is 6. The first-order chi connectivity index (χ1) is 6.24. The summed E-state index contributed by atoms with van der Waals surface area (Å²) in [6.07, 6.45) is 0. The third kappa shape index (κ3) is 3.33. The zero-order chi connectivity index (χ0) is 9.68. The van der Waals surface area contributed by atoms with Crippen molar-refractivity contribution >= 4 is 11.4 Å². The highest BCUT2D eigenvalue weighted by molar-refractivity contribution is 5.50. The monoisotopic (exact) mass is 201 g/mol. The van der Waals surface area contributed by atoms with E-state index in [2.05, 4.69) is 16.5 Å². The molecule has 14 heavy (non-hydrogen) atoms. The number of anilines is 1. The fraction of sp³-hybridized carbons (Fsp3) is 0. The molecule has 7 N–H and O–H groups in total. The van der Waals surface area contributed by atoms with E-state index in [0.29, 0.717) is 5.69 Å². The van der Waals surface area contributed by atoms with Crippen molar-refractivity contribution in [2.45, 2.75) is 0 Å². The van der Waals surface area contributed by atoms with Crippen LogP contribution in [0.5, 0.6) is 0 Å². The van der Waals surface area contributed by atoms with Crippen LogP contribution in [0.4, 0.5) is 11.4 Å².